The van der Waals surface area contributed by atoms with Crippen molar-refractivity contribution in [2.45, 2.75) is 6.18 Å². The molecular weight excluding hydrogens is 207 g/mol. The first-order chi connectivity index (χ1) is 6.38. The zero-order valence-corrected chi connectivity index (χ0v) is 6.54. The number of carboxylic acids is 1. The highest BCUT2D eigenvalue weighted by atomic mass is 19.4. The molecule has 1 rings (SSSR count). The van der Waals surface area contributed by atoms with Gasteiger partial charge in [-0.05, 0) is 0 Å². The van der Waals surface area contributed by atoms with E-state index in [0.29, 0.717) is 6.26 Å². The van der Waals surface area contributed by atoms with Crippen molar-refractivity contribution in [3.8, 4) is 6.08 Å². The Hall–Kier alpha value is -1.73. The molecule has 0 aliphatic heterocycles. The minimum Gasteiger partial charge on any atom is -0.476 e. The highest BCUT2D eigenvalue weighted by Gasteiger charge is 2.29. The smallest absolute Gasteiger partial charge is 0.422 e. The van der Waals surface area contributed by atoms with E-state index in [1.54, 1.807) is 0 Å². The van der Waals surface area contributed by atoms with Crippen molar-refractivity contribution in [3.05, 3.63) is 12.0 Å². The molecule has 1 aromatic heterocycles. The lowest BCUT2D eigenvalue weighted by atomic mass is 10.5. The summed E-state index contributed by atoms with van der Waals surface area (Å²) >= 11 is 0. The number of ether oxygens (including phenoxy) is 1. The molecular formula is C6H4F3NO4. The number of hydrogen-bond acceptors (Lipinski definition) is 4. The van der Waals surface area contributed by atoms with Crippen molar-refractivity contribution in [2.24, 2.45) is 0 Å². The number of aromatic nitrogens is 1. The number of halogens is 3. The Balaban J connectivity index is 2.56. The van der Waals surface area contributed by atoms with Gasteiger partial charge in [0.25, 0.3) is 0 Å². The molecule has 0 amide bonds. The van der Waals surface area contributed by atoms with Crippen molar-refractivity contribution >= 4 is 5.97 Å². The van der Waals surface area contributed by atoms with E-state index in [1.807, 2.05) is 0 Å². The molecule has 14 heavy (non-hydrogen) atoms. The van der Waals surface area contributed by atoms with E-state index in [2.05, 4.69) is 14.1 Å². The van der Waals surface area contributed by atoms with E-state index in [4.69, 9.17) is 5.11 Å². The predicted octanol–water partition coefficient (Wildman–Crippen LogP) is 1.31. The molecule has 0 saturated carbocycles. The Morgan fingerprint density at radius 3 is 2.71 bits per heavy atom. The summed E-state index contributed by atoms with van der Waals surface area (Å²) in [5, 5.41) is 8.33. The fraction of sp³-hybridized carbons (Fsp3) is 0.333. The van der Waals surface area contributed by atoms with Crippen LogP contribution in [0.5, 0.6) is 6.08 Å². The molecule has 0 aromatic carbocycles. The van der Waals surface area contributed by atoms with Gasteiger partial charge in [-0.15, -0.1) is 0 Å². The van der Waals surface area contributed by atoms with Gasteiger partial charge in [-0.3, -0.25) is 0 Å². The molecule has 0 fully saturated rings. The second kappa shape index (κ2) is 3.56. The minimum absolute atomic E-state index is 0.512. The van der Waals surface area contributed by atoms with Crippen molar-refractivity contribution in [1.29, 1.82) is 0 Å². The summed E-state index contributed by atoms with van der Waals surface area (Å²) in [4.78, 5) is 13.3. The third-order valence-corrected chi connectivity index (χ3v) is 1.06. The van der Waals surface area contributed by atoms with Gasteiger partial charge in [0, 0.05) is 0 Å². The lowest BCUT2D eigenvalue weighted by molar-refractivity contribution is -0.156. The van der Waals surface area contributed by atoms with Crippen molar-refractivity contribution in [2.75, 3.05) is 6.61 Å². The summed E-state index contributed by atoms with van der Waals surface area (Å²) in [6.07, 6.45) is -4.55. The van der Waals surface area contributed by atoms with Gasteiger partial charge in [0.15, 0.2) is 12.3 Å². The molecule has 5 nitrogen and oxygen atoms in total. The fourth-order valence-electron chi connectivity index (χ4n) is 0.565. The van der Waals surface area contributed by atoms with Gasteiger partial charge in [0.1, 0.15) is 6.26 Å². The van der Waals surface area contributed by atoms with Gasteiger partial charge in [-0.1, -0.05) is 0 Å². The van der Waals surface area contributed by atoms with E-state index in [-0.39, 0.29) is 0 Å². The molecule has 0 atom stereocenters. The molecule has 0 aliphatic rings. The Bertz CT molecular complexity index is 332. The number of carbonyl (C=O) groups is 1. The number of aromatic carboxylic acids is 1. The normalized spacial score (nSPS) is 11.4. The highest BCUT2D eigenvalue weighted by molar-refractivity contribution is 5.84. The summed E-state index contributed by atoms with van der Waals surface area (Å²) in [7, 11) is 0. The second-order valence-electron chi connectivity index (χ2n) is 2.21. The van der Waals surface area contributed by atoms with E-state index in [0.717, 1.165) is 0 Å². The van der Waals surface area contributed by atoms with Crippen LogP contribution in [0.3, 0.4) is 0 Å². The summed E-state index contributed by atoms with van der Waals surface area (Å²) in [5.41, 5.74) is -0.512. The number of alkyl halides is 3. The Morgan fingerprint density at radius 2 is 2.29 bits per heavy atom. The van der Waals surface area contributed by atoms with Crippen LogP contribution in [0.2, 0.25) is 0 Å². The number of hydrogen-bond donors (Lipinski definition) is 1. The van der Waals surface area contributed by atoms with Crippen LogP contribution in [0, 0.1) is 0 Å². The topological polar surface area (TPSA) is 72.6 Å². The Morgan fingerprint density at radius 1 is 1.64 bits per heavy atom. The average molecular weight is 211 g/mol. The van der Waals surface area contributed by atoms with Crippen molar-refractivity contribution in [1.82, 2.24) is 4.98 Å². The van der Waals surface area contributed by atoms with E-state index < -0.39 is 30.5 Å². The molecule has 1 N–H and O–H groups in total. The fourth-order valence-corrected chi connectivity index (χ4v) is 0.565. The van der Waals surface area contributed by atoms with Crippen LogP contribution < -0.4 is 4.74 Å². The Labute approximate surface area is 75.1 Å². The summed E-state index contributed by atoms with van der Waals surface area (Å²) in [6, 6.07) is 0. The largest absolute Gasteiger partial charge is 0.476 e. The number of oxazole rings is 1. The van der Waals surface area contributed by atoms with Crippen molar-refractivity contribution in [3.63, 3.8) is 0 Å². The highest BCUT2D eigenvalue weighted by Crippen LogP contribution is 2.17. The molecule has 1 heterocycles. The molecule has 0 aliphatic carbocycles. The van der Waals surface area contributed by atoms with Gasteiger partial charge < -0.3 is 14.3 Å². The van der Waals surface area contributed by atoms with Crippen LogP contribution in [0.15, 0.2) is 10.7 Å². The van der Waals surface area contributed by atoms with E-state index in [9.17, 15) is 18.0 Å². The first-order valence-electron chi connectivity index (χ1n) is 3.27. The summed E-state index contributed by atoms with van der Waals surface area (Å²) < 4.78 is 43.1. The van der Waals surface area contributed by atoms with Crippen LogP contribution >= 0.6 is 0 Å². The first-order valence-corrected chi connectivity index (χ1v) is 3.27. The minimum atomic E-state index is -4.52. The van der Waals surface area contributed by atoms with Gasteiger partial charge in [-0.25, -0.2) is 4.79 Å². The third-order valence-electron chi connectivity index (χ3n) is 1.06. The van der Waals surface area contributed by atoms with Gasteiger partial charge in [0.2, 0.25) is 0 Å². The monoisotopic (exact) mass is 211 g/mol. The zero-order valence-electron chi connectivity index (χ0n) is 6.54. The van der Waals surface area contributed by atoms with Gasteiger partial charge in [-0.2, -0.15) is 18.2 Å². The number of nitrogens with zero attached hydrogens (tertiary/aromatic N) is 1. The lowest BCUT2D eigenvalue weighted by Crippen LogP contribution is -2.19. The molecule has 0 saturated heterocycles. The quantitative estimate of drug-likeness (QED) is 0.815. The van der Waals surface area contributed by atoms with E-state index in [1.165, 1.54) is 0 Å². The number of rotatable bonds is 3. The maximum absolute atomic E-state index is 11.6. The lowest BCUT2D eigenvalue weighted by Gasteiger charge is -2.04. The first kappa shape index (κ1) is 10.4. The molecule has 8 heteroatoms. The Kier molecular flexibility index (Phi) is 2.63. The number of carboxylic acid groups (broad SMARTS) is 1. The van der Waals surface area contributed by atoms with Gasteiger partial charge in [0.05, 0.1) is 0 Å². The van der Waals surface area contributed by atoms with Crippen LogP contribution in [-0.4, -0.2) is 28.8 Å². The SMILES string of the molecule is O=C(O)c1coc(OCC(F)(F)F)n1. The average Bonchev–Trinajstić information content (AvgIpc) is 2.47. The summed E-state index contributed by atoms with van der Waals surface area (Å²) in [5.74, 6) is -1.41. The third kappa shape index (κ3) is 2.96. The molecule has 78 valence electrons. The molecule has 0 unspecified atom stereocenters. The van der Waals surface area contributed by atoms with Gasteiger partial charge >= 0.3 is 18.2 Å². The molecule has 0 bridgehead atoms. The van der Waals surface area contributed by atoms with Crippen LogP contribution in [0.4, 0.5) is 13.2 Å². The van der Waals surface area contributed by atoms with Crippen LogP contribution in [0.25, 0.3) is 0 Å². The maximum Gasteiger partial charge on any atom is 0.422 e. The molecule has 0 radical (unpaired) electrons. The van der Waals surface area contributed by atoms with Crippen LogP contribution in [0.1, 0.15) is 10.5 Å². The second-order valence-corrected chi connectivity index (χ2v) is 2.21. The van der Waals surface area contributed by atoms with Crippen LogP contribution in [-0.2, 0) is 0 Å². The van der Waals surface area contributed by atoms with Crippen molar-refractivity contribution < 1.29 is 32.2 Å². The standard InChI is InChI=1S/C6H4F3NO4/c7-6(8,9)2-14-5-10-3(1-13-5)4(11)12/h1H,2H2,(H,11,12). The summed E-state index contributed by atoms with van der Waals surface area (Å²) in [6.45, 7) is -1.58. The zero-order chi connectivity index (χ0) is 10.8. The predicted molar refractivity (Wildman–Crippen MR) is 35.0 cm³/mol. The maximum atomic E-state index is 11.6. The molecule has 1 aromatic rings. The molecule has 0 spiro atoms. The van der Waals surface area contributed by atoms with E-state index >= 15 is 0 Å².